The zero-order valence-corrected chi connectivity index (χ0v) is 13.8. The van der Waals surface area contributed by atoms with Crippen LogP contribution in [-0.2, 0) is 9.22 Å². The molecule has 1 aliphatic carbocycles. The van der Waals surface area contributed by atoms with Gasteiger partial charge in [-0.3, -0.25) is 4.79 Å². The van der Waals surface area contributed by atoms with Crippen LogP contribution in [0.5, 0.6) is 0 Å². The molecule has 18 heavy (non-hydrogen) atoms. The lowest BCUT2D eigenvalue weighted by molar-refractivity contribution is -0.135. The largest absolute Gasteiger partial charge is 0.519 e. The van der Waals surface area contributed by atoms with Gasteiger partial charge in [0, 0.05) is 6.42 Å². The van der Waals surface area contributed by atoms with Crippen LogP contribution in [0.4, 0.5) is 0 Å². The van der Waals surface area contributed by atoms with Gasteiger partial charge in [0.2, 0.25) is 0 Å². The highest BCUT2D eigenvalue weighted by molar-refractivity contribution is 6.75. The molecule has 1 saturated carbocycles. The predicted molar refractivity (Wildman–Crippen MR) is 79.1 cm³/mol. The Hall–Kier alpha value is -0.313. The summed E-state index contributed by atoms with van der Waals surface area (Å²) in [7, 11) is -1.90. The van der Waals surface area contributed by atoms with E-state index in [2.05, 4.69) is 33.9 Å². The minimum atomic E-state index is -1.90. The average molecular weight is 270 g/mol. The lowest BCUT2D eigenvalue weighted by Gasteiger charge is -2.35. The first-order valence-electron chi connectivity index (χ1n) is 7.44. The Kier molecular flexibility index (Phi) is 5.44. The van der Waals surface area contributed by atoms with Crippen molar-refractivity contribution in [2.75, 3.05) is 0 Å². The van der Waals surface area contributed by atoms with Gasteiger partial charge in [-0.05, 0) is 30.5 Å². The first-order valence-corrected chi connectivity index (χ1v) is 10.3. The van der Waals surface area contributed by atoms with Crippen LogP contribution in [0.2, 0.25) is 18.1 Å². The molecule has 2 nitrogen and oxygen atoms in total. The van der Waals surface area contributed by atoms with Crippen LogP contribution in [-0.4, -0.2) is 14.3 Å². The van der Waals surface area contributed by atoms with Crippen LogP contribution in [0.1, 0.15) is 65.7 Å². The highest BCUT2D eigenvalue weighted by Crippen LogP contribution is 2.37. The molecule has 1 rings (SSSR count). The van der Waals surface area contributed by atoms with Crippen molar-refractivity contribution in [2.45, 2.75) is 83.8 Å². The maximum Gasteiger partial charge on any atom is 0.292 e. The summed E-state index contributed by atoms with van der Waals surface area (Å²) in [5.74, 6) is 0.804. The summed E-state index contributed by atoms with van der Waals surface area (Å²) in [6.45, 7) is 10.8. The second kappa shape index (κ2) is 6.22. The Balaban J connectivity index is 2.33. The third kappa shape index (κ3) is 4.75. The lowest BCUT2D eigenvalue weighted by Crippen LogP contribution is -2.42. The first kappa shape index (κ1) is 15.7. The fourth-order valence-corrected chi connectivity index (χ4v) is 3.26. The average Bonchev–Trinajstić information content (AvgIpc) is 2.26. The molecule has 1 aliphatic rings. The molecule has 0 N–H and O–H groups in total. The molecule has 0 aromatic heterocycles. The molecule has 0 unspecified atom stereocenters. The van der Waals surface area contributed by atoms with Gasteiger partial charge < -0.3 is 4.43 Å². The zero-order valence-electron chi connectivity index (χ0n) is 12.8. The van der Waals surface area contributed by atoms with Crippen molar-refractivity contribution < 1.29 is 9.22 Å². The molecule has 3 heteroatoms. The van der Waals surface area contributed by atoms with E-state index in [1.807, 2.05) is 0 Å². The Labute approximate surface area is 114 Å². The summed E-state index contributed by atoms with van der Waals surface area (Å²) in [4.78, 5) is 12.0. The minimum Gasteiger partial charge on any atom is -0.519 e. The van der Waals surface area contributed by atoms with E-state index in [1.165, 1.54) is 32.1 Å². The fraction of sp³-hybridized carbons (Fsp3) is 0.933. The van der Waals surface area contributed by atoms with Gasteiger partial charge in [-0.15, -0.1) is 0 Å². The fourth-order valence-electron chi connectivity index (χ4n) is 2.29. The summed E-state index contributed by atoms with van der Waals surface area (Å²) < 4.78 is 5.79. The van der Waals surface area contributed by atoms with Crippen molar-refractivity contribution in [3.05, 3.63) is 0 Å². The van der Waals surface area contributed by atoms with E-state index < -0.39 is 8.32 Å². The summed E-state index contributed by atoms with van der Waals surface area (Å²) in [5.41, 5.74) is 0. The van der Waals surface area contributed by atoms with Gasteiger partial charge in [0.05, 0.1) is 0 Å². The smallest absolute Gasteiger partial charge is 0.292 e. The van der Waals surface area contributed by atoms with Crippen LogP contribution in [0.25, 0.3) is 0 Å². The quantitative estimate of drug-likeness (QED) is 0.679. The Morgan fingerprint density at radius 1 is 1.17 bits per heavy atom. The van der Waals surface area contributed by atoms with Crippen LogP contribution in [0.3, 0.4) is 0 Å². The molecule has 0 aliphatic heterocycles. The normalized spacial score (nSPS) is 18.7. The Bertz CT molecular complexity index is 273. The van der Waals surface area contributed by atoms with Gasteiger partial charge in [0.25, 0.3) is 14.3 Å². The van der Waals surface area contributed by atoms with E-state index in [0.29, 0.717) is 6.42 Å². The molecule has 0 heterocycles. The monoisotopic (exact) mass is 270 g/mol. The van der Waals surface area contributed by atoms with Crippen molar-refractivity contribution in [1.82, 2.24) is 0 Å². The number of hydrogen-bond donors (Lipinski definition) is 0. The summed E-state index contributed by atoms with van der Waals surface area (Å²) in [5, 5.41) is 0.119. The van der Waals surface area contributed by atoms with Crippen LogP contribution < -0.4 is 0 Å². The van der Waals surface area contributed by atoms with E-state index >= 15 is 0 Å². The third-order valence-corrected chi connectivity index (χ3v) is 9.01. The highest BCUT2D eigenvalue weighted by atomic mass is 28.4. The number of carbonyl (C=O) groups is 1. The third-order valence-electron chi connectivity index (χ3n) is 4.66. The predicted octanol–water partition coefficient (Wildman–Crippen LogP) is 4.90. The topological polar surface area (TPSA) is 26.3 Å². The molecule has 0 amide bonds. The van der Waals surface area contributed by atoms with E-state index in [0.717, 1.165) is 12.3 Å². The van der Waals surface area contributed by atoms with Gasteiger partial charge >= 0.3 is 0 Å². The summed E-state index contributed by atoms with van der Waals surface area (Å²) in [6, 6.07) is 0. The number of rotatable bonds is 4. The molecule has 0 bridgehead atoms. The van der Waals surface area contributed by atoms with E-state index in [-0.39, 0.29) is 11.0 Å². The number of hydrogen-bond acceptors (Lipinski definition) is 2. The van der Waals surface area contributed by atoms with E-state index in [1.54, 1.807) is 0 Å². The zero-order chi connectivity index (χ0) is 13.8. The van der Waals surface area contributed by atoms with Crippen LogP contribution in [0.15, 0.2) is 0 Å². The lowest BCUT2D eigenvalue weighted by atomic mass is 9.86. The Morgan fingerprint density at radius 2 is 1.72 bits per heavy atom. The van der Waals surface area contributed by atoms with Gasteiger partial charge in [-0.25, -0.2) is 0 Å². The molecular formula is C15H30O2Si. The molecular weight excluding hydrogens is 240 g/mol. The molecule has 0 spiro atoms. The minimum absolute atomic E-state index is 0.0344. The van der Waals surface area contributed by atoms with E-state index in [9.17, 15) is 4.79 Å². The molecule has 106 valence electrons. The molecule has 0 aromatic carbocycles. The van der Waals surface area contributed by atoms with Gasteiger partial charge in [-0.1, -0.05) is 52.9 Å². The second-order valence-corrected chi connectivity index (χ2v) is 12.0. The summed E-state index contributed by atoms with van der Waals surface area (Å²) >= 11 is 0. The maximum atomic E-state index is 12.0. The number of carbonyl (C=O) groups excluding carboxylic acids is 1. The molecule has 0 aromatic rings. The van der Waals surface area contributed by atoms with Gasteiger partial charge in [0.1, 0.15) is 0 Å². The molecule has 0 radical (unpaired) electrons. The standard InChI is InChI=1S/C15H30O2Si/c1-15(2,3)18(4,5)17-14(16)12-11-13-9-7-6-8-10-13/h13H,6-12H2,1-5H3. The van der Waals surface area contributed by atoms with Crippen LogP contribution >= 0.6 is 0 Å². The van der Waals surface area contributed by atoms with Crippen molar-refractivity contribution in [3.63, 3.8) is 0 Å². The second-order valence-electron chi connectivity index (χ2n) is 7.28. The Morgan fingerprint density at radius 3 is 2.22 bits per heavy atom. The van der Waals surface area contributed by atoms with E-state index in [4.69, 9.17) is 4.43 Å². The van der Waals surface area contributed by atoms with Crippen molar-refractivity contribution in [1.29, 1.82) is 0 Å². The SMILES string of the molecule is CC(C)(C)[Si](C)(C)OC(=O)CCC1CCCCC1. The van der Waals surface area contributed by atoms with Crippen molar-refractivity contribution in [3.8, 4) is 0 Å². The molecule has 0 atom stereocenters. The first-order chi connectivity index (χ1) is 8.22. The maximum absolute atomic E-state index is 12.0. The highest BCUT2D eigenvalue weighted by Gasteiger charge is 2.40. The summed E-state index contributed by atoms with van der Waals surface area (Å²) in [6.07, 6.45) is 8.36. The van der Waals surface area contributed by atoms with Crippen LogP contribution in [0, 0.1) is 5.92 Å². The van der Waals surface area contributed by atoms with Crippen molar-refractivity contribution in [2.24, 2.45) is 5.92 Å². The molecule has 0 saturated heterocycles. The van der Waals surface area contributed by atoms with Crippen molar-refractivity contribution >= 4 is 14.3 Å². The van der Waals surface area contributed by atoms with Gasteiger partial charge in [-0.2, -0.15) is 0 Å². The van der Waals surface area contributed by atoms with Gasteiger partial charge in [0.15, 0.2) is 0 Å². The molecule has 1 fully saturated rings.